The summed E-state index contributed by atoms with van der Waals surface area (Å²) in [7, 11) is 0. The molecule has 0 fully saturated rings. The number of hydrogen-bond donors (Lipinski definition) is 1. The molecule has 0 aliphatic rings. The number of rotatable bonds is 5. The molecule has 0 saturated carbocycles. The number of nitrogens with one attached hydrogen (secondary N) is 1. The largest absolute Gasteiger partial charge is 0.320 e. The SMILES string of the molecule is Cc1nc(SCC(=O)Nc2c(F)cccc2F)c2cc(-c3ccccc3)sc2n1. The third-order valence-corrected chi connectivity index (χ3v) is 6.16. The Hall–Kier alpha value is -2.84. The Labute approximate surface area is 174 Å². The fraction of sp³-hybridized carbons (Fsp3) is 0.0952. The number of amides is 1. The van der Waals surface area contributed by atoms with E-state index in [1.165, 1.54) is 17.8 Å². The summed E-state index contributed by atoms with van der Waals surface area (Å²) in [6.45, 7) is 1.79. The molecule has 2 aromatic heterocycles. The summed E-state index contributed by atoms with van der Waals surface area (Å²) in [4.78, 5) is 23.1. The number of thioether (sulfide) groups is 1. The minimum atomic E-state index is -0.811. The van der Waals surface area contributed by atoms with Gasteiger partial charge in [0, 0.05) is 10.3 Å². The molecule has 0 aliphatic heterocycles. The van der Waals surface area contributed by atoms with Crippen LogP contribution in [-0.2, 0) is 4.79 Å². The van der Waals surface area contributed by atoms with E-state index in [0.717, 1.165) is 32.8 Å². The van der Waals surface area contributed by atoms with E-state index in [1.54, 1.807) is 18.3 Å². The van der Waals surface area contributed by atoms with Crippen molar-refractivity contribution < 1.29 is 13.6 Å². The van der Waals surface area contributed by atoms with E-state index in [2.05, 4.69) is 15.3 Å². The molecule has 4 nitrogen and oxygen atoms in total. The van der Waals surface area contributed by atoms with Gasteiger partial charge < -0.3 is 5.32 Å². The summed E-state index contributed by atoms with van der Waals surface area (Å²) in [5, 5.41) is 3.81. The van der Waals surface area contributed by atoms with Crippen LogP contribution in [0, 0.1) is 18.6 Å². The fourth-order valence-electron chi connectivity index (χ4n) is 2.78. The molecule has 8 heteroatoms. The minimum absolute atomic E-state index is 0.0319. The highest BCUT2D eigenvalue weighted by molar-refractivity contribution is 8.00. The second-order valence-electron chi connectivity index (χ2n) is 6.20. The van der Waals surface area contributed by atoms with Crippen LogP contribution in [0.3, 0.4) is 0 Å². The van der Waals surface area contributed by atoms with Gasteiger partial charge in [0.05, 0.1) is 5.75 Å². The molecule has 0 spiro atoms. The molecule has 0 aliphatic carbocycles. The van der Waals surface area contributed by atoms with Gasteiger partial charge in [0.15, 0.2) is 0 Å². The van der Waals surface area contributed by atoms with Crippen LogP contribution in [0.4, 0.5) is 14.5 Å². The summed E-state index contributed by atoms with van der Waals surface area (Å²) in [5.41, 5.74) is 0.640. The van der Waals surface area contributed by atoms with Crippen LogP contribution in [0.15, 0.2) is 59.6 Å². The normalized spacial score (nSPS) is 11.0. The van der Waals surface area contributed by atoms with Crippen LogP contribution >= 0.6 is 23.1 Å². The average Bonchev–Trinajstić information content (AvgIpc) is 3.14. The maximum atomic E-state index is 13.7. The number of carbonyl (C=O) groups excluding carboxylic acids is 1. The number of thiophene rings is 1. The number of benzene rings is 2. The van der Waals surface area contributed by atoms with Crippen molar-refractivity contribution in [1.82, 2.24) is 9.97 Å². The highest BCUT2D eigenvalue weighted by atomic mass is 32.2. The smallest absolute Gasteiger partial charge is 0.234 e. The predicted octanol–water partition coefficient (Wildman–Crippen LogP) is 5.68. The third-order valence-electron chi connectivity index (χ3n) is 4.10. The average molecular weight is 428 g/mol. The van der Waals surface area contributed by atoms with Gasteiger partial charge in [-0.25, -0.2) is 18.7 Å². The molecule has 4 rings (SSSR count). The Morgan fingerprint density at radius 3 is 2.52 bits per heavy atom. The lowest BCUT2D eigenvalue weighted by molar-refractivity contribution is -0.113. The van der Waals surface area contributed by atoms with Crippen LogP contribution in [0.5, 0.6) is 0 Å². The van der Waals surface area contributed by atoms with E-state index in [-0.39, 0.29) is 5.75 Å². The number of carbonyl (C=O) groups is 1. The van der Waals surface area contributed by atoms with E-state index in [0.29, 0.717) is 10.9 Å². The Morgan fingerprint density at radius 1 is 1.07 bits per heavy atom. The van der Waals surface area contributed by atoms with Gasteiger partial charge in [-0.15, -0.1) is 11.3 Å². The Bertz CT molecular complexity index is 1180. The summed E-state index contributed by atoms with van der Waals surface area (Å²) >= 11 is 2.77. The van der Waals surface area contributed by atoms with Crippen LogP contribution in [0.1, 0.15) is 5.82 Å². The monoisotopic (exact) mass is 427 g/mol. The molecule has 146 valence electrons. The fourth-order valence-corrected chi connectivity index (χ4v) is 4.77. The second-order valence-corrected chi connectivity index (χ2v) is 8.20. The van der Waals surface area contributed by atoms with Gasteiger partial charge in [0.25, 0.3) is 0 Å². The lowest BCUT2D eigenvalue weighted by atomic mass is 10.2. The highest BCUT2D eigenvalue weighted by Gasteiger charge is 2.15. The molecular formula is C21H15F2N3OS2. The first-order chi connectivity index (χ1) is 14.0. The van der Waals surface area contributed by atoms with Gasteiger partial charge in [-0.05, 0) is 30.7 Å². The number of nitrogens with zero attached hydrogens (tertiary/aromatic N) is 2. The van der Waals surface area contributed by atoms with E-state index in [4.69, 9.17) is 0 Å². The van der Waals surface area contributed by atoms with Crippen LogP contribution in [0.25, 0.3) is 20.7 Å². The molecule has 2 heterocycles. The van der Waals surface area contributed by atoms with E-state index >= 15 is 0 Å². The Morgan fingerprint density at radius 2 is 1.79 bits per heavy atom. The molecule has 0 bridgehead atoms. The van der Waals surface area contributed by atoms with Gasteiger partial charge in [-0.2, -0.15) is 0 Å². The summed E-state index contributed by atoms with van der Waals surface area (Å²) in [6.07, 6.45) is 0. The number of aromatic nitrogens is 2. The molecule has 4 aromatic rings. The molecule has 0 unspecified atom stereocenters. The highest BCUT2D eigenvalue weighted by Crippen LogP contribution is 2.36. The Balaban J connectivity index is 1.56. The topological polar surface area (TPSA) is 54.9 Å². The van der Waals surface area contributed by atoms with Crippen LogP contribution < -0.4 is 5.32 Å². The van der Waals surface area contributed by atoms with Crippen molar-refractivity contribution in [3.8, 4) is 10.4 Å². The summed E-state index contributed by atoms with van der Waals surface area (Å²) < 4.78 is 27.4. The first-order valence-electron chi connectivity index (χ1n) is 8.71. The van der Waals surface area contributed by atoms with E-state index in [9.17, 15) is 13.6 Å². The maximum Gasteiger partial charge on any atom is 0.234 e. The first-order valence-corrected chi connectivity index (χ1v) is 10.5. The van der Waals surface area contributed by atoms with Gasteiger partial charge in [0.1, 0.15) is 33.0 Å². The molecule has 1 N–H and O–H groups in total. The number of hydrogen-bond acceptors (Lipinski definition) is 5. The first kappa shape index (κ1) is 19.5. The summed E-state index contributed by atoms with van der Waals surface area (Å²) in [6, 6.07) is 15.4. The lowest BCUT2D eigenvalue weighted by Crippen LogP contribution is -2.16. The predicted molar refractivity (Wildman–Crippen MR) is 113 cm³/mol. The van der Waals surface area contributed by atoms with Crippen LogP contribution in [0.2, 0.25) is 0 Å². The maximum absolute atomic E-state index is 13.7. The van der Waals surface area contributed by atoms with Gasteiger partial charge >= 0.3 is 0 Å². The van der Waals surface area contributed by atoms with Gasteiger partial charge in [-0.3, -0.25) is 4.79 Å². The molecule has 0 saturated heterocycles. The van der Waals surface area contributed by atoms with Crippen molar-refractivity contribution in [1.29, 1.82) is 0 Å². The van der Waals surface area contributed by atoms with Crippen molar-refractivity contribution in [2.45, 2.75) is 11.9 Å². The van der Waals surface area contributed by atoms with E-state index in [1.807, 2.05) is 36.4 Å². The molecule has 1 amide bonds. The van der Waals surface area contributed by atoms with Crippen molar-refractivity contribution >= 4 is 44.9 Å². The van der Waals surface area contributed by atoms with Gasteiger partial charge in [-0.1, -0.05) is 48.2 Å². The third kappa shape index (κ3) is 4.28. The zero-order valence-electron chi connectivity index (χ0n) is 15.3. The van der Waals surface area contributed by atoms with Crippen LogP contribution in [-0.4, -0.2) is 21.6 Å². The number of para-hydroxylation sites is 1. The quantitative estimate of drug-likeness (QED) is 0.329. The van der Waals surface area contributed by atoms with E-state index < -0.39 is 23.2 Å². The molecule has 0 atom stereocenters. The number of aryl methyl sites for hydroxylation is 1. The molecule has 2 aromatic carbocycles. The zero-order chi connectivity index (χ0) is 20.4. The van der Waals surface area contributed by atoms with Gasteiger partial charge in [0.2, 0.25) is 5.91 Å². The Kier molecular flexibility index (Phi) is 5.55. The standard InChI is InChI=1S/C21H15F2N3OS2/c1-12-24-20(28-11-18(27)26-19-15(22)8-5-9-16(19)23)14-10-17(29-21(14)25-12)13-6-3-2-4-7-13/h2-10H,11H2,1H3,(H,26,27). The van der Waals surface area contributed by atoms with Crippen molar-refractivity contribution in [2.75, 3.05) is 11.1 Å². The second kappa shape index (κ2) is 8.26. The molecule has 29 heavy (non-hydrogen) atoms. The van der Waals surface area contributed by atoms with Crippen molar-refractivity contribution in [2.24, 2.45) is 0 Å². The minimum Gasteiger partial charge on any atom is -0.320 e. The van der Waals surface area contributed by atoms with Crippen molar-refractivity contribution in [3.05, 3.63) is 72.1 Å². The number of anilines is 1. The molecular weight excluding hydrogens is 412 g/mol. The number of fused-ring (bicyclic) bond motifs is 1. The lowest BCUT2D eigenvalue weighted by Gasteiger charge is -2.07. The zero-order valence-corrected chi connectivity index (χ0v) is 16.9. The van der Waals surface area contributed by atoms with Crippen molar-refractivity contribution in [3.63, 3.8) is 0 Å². The molecule has 0 radical (unpaired) electrons. The summed E-state index contributed by atoms with van der Waals surface area (Å²) in [5.74, 6) is -1.57. The number of halogens is 2.